The third-order valence-electron chi connectivity index (χ3n) is 3.15. The van der Waals surface area contributed by atoms with Gasteiger partial charge in [0.25, 0.3) is 0 Å². The van der Waals surface area contributed by atoms with E-state index in [9.17, 15) is 4.79 Å². The Morgan fingerprint density at radius 2 is 2.21 bits per heavy atom. The predicted molar refractivity (Wildman–Crippen MR) is 70.7 cm³/mol. The standard InChI is InChI=1S/C15H20O4/c1-2-3-6-11-17-19-15(16)14-10-9-12-7-4-5-8-13(12)18-14/h4-5,7-8,14H,2-3,6,9-11H2,1H3. The van der Waals surface area contributed by atoms with Crippen LogP contribution in [0.3, 0.4) is 0 Å². The Bertz CT molecular complexity index is 416. The van der Waals surface area contributed by atoms with Crippen LogP contribution in [0.1, 0.15) is 38.2 Å². The summed E-state index contributed by atoms with van der Waals surface area (Å²) in [6.45, 7) is 2.56. The van der Waals surface area contributed by atoms with Gasteiger partial charge >= 0.3 is 5.97 Å². The molecule has 1 atom stereocenters. The number of fused-ring (bicyclic) bond motifs is 1. The summed E-state index contributed by atoms with van der Waals surface area (Å²) in [5.74, 6) is 0.327. The molecule has 0 saturated carbocycles. The number of aryl methyl sites for hydroxylation is 1. The summed E-state index contributed by atoms with van der Waals surface area (Å²) in [4.78, 5) is 21.5. The number of carbonyl (C=O) groups is 1. The fourth-order valence-electron chi connectivity index (χ4n) is 2.05. The number of carbonyl (C=O) groups excluding carboxylic acids is 1. The van der Waals surface area contributed by atoms with E-state index in [0.717, 1.165) is 37.0 Å². The molecule has 1 unspecified atom stereocenters. The van der Waals surface area contributed by atoms with Crippen molar-refractivity contribution >= 4 is 5.97 Å². The highest BCUT2D eigenvalue weighted by atomic mass is 17.2. The maximum absolute atomic E-state index is 11.8. The lowest BCUT2D eigenvalue weighted by Gasteiger charge is -2.23. The molecule has 0 saturated heterocycles. The Morgan fingerprint density at radius 3 is 3.05 bits per heavy atom. The summed E-state index contributed by atoms with van der Waals surface area (Å²) >= 11 is 0. The lowest BCUT2D eigenvalue weighted by atomic mass is 10.0. The molecule has 1 aromatic carbocycles. The molecule has 0 amide bonds. The van der Waals surface area contributed by atoms with E-state index >= 15 is 0 Å². The van der Waals surface area contributed by atoms with E-state index in [-0.39, 0.29) is 0 Å². The van der Waals surface area contributed by atoms with Crippen LogP contribution in [-0.2, 0) is 21.0 Å². The van der Waals surface area contributed by atoms with Gasteiger partial charge in [-0.05, 0) is 30.9 Å². The van der Waals surface area contributed by atoms with Crippen molar-refractivity contribution in [1.82, 2.24) is 0 Å². The van der Waals surface area contributed by atoms with Crippen LogP contribution in [0.4, 0.5) is 0 Å². The van der Waals surface area contributed by atoms with Crippen molar-refractivity contribution in [1.29, 1.82) is 0 Å². The topological polar surface area (TPSA) is 44.8 Å². The Hall–Kier alpha value is -1.55. The summed E-state index contributed by atoms with van der Waals surface area (Å²) in [6.07, 6.45) is 3.99. The fraction of sp³-hybridized carbons (Fsp3) is 0.533. The molecule has 4 heteroatoms. The first-order chi connectivity index (χ1) is 9.31. The predicted octanol–water partition coefficient (Wildman–Crippen LogP) is 3.05. The van der Waals surface area contributed by atoms with Crippen LogP contribution >= 0.6 is 0 Å². The highest BCUT2D eigenvalue weighted by molar-refractivity contribution is 5.75. The Morgan fingerprint density at radius 1 is 1.37 bits per heavy atom. The second kappa shape index (κ2) is 7.14. The highest BCUT2D eigenvalue weighted by Gasteiger charge is 2.27. The zero-order valence-corrected chi connectivity index (χ0v) is 11.3. The van der Waals surface area contributed by atoms with Gasteiger partial charge in [-0.15, -0.1) is 0 Å². The summed E-state index contributed by atoms with van der Waals surface area (Å²) in [5.41, 5.74) is 1.13. The van der Waals surface area contributed by atoms with E-state index in [4.69, 9.17) is 14.5 Å². The first kappa shape index (κ1) is 13.9. The maximum Gasteiger partial charge on any atom is 0.382 e. The summed E-state index contributed by atoms with van der Waals surface area (Å²) in [7, 11) is 0. The smallest absolute Gasteiger partial charge is 0.382 e. The van der Waals surface area contributed by atoms with Crippen LogP contribution in [0.5, 0.6) is 5.75 Å². The fourth-order valence-corrected chi connectivity index (χ4v) is 2.05. The van der Waals surface area contributed by atoms with Gasteiger partial charge in [0.2, 0.25) is 0 Å². The molecule has 2 rings (SSSR count). The number of ether oxygens (including phenoxy) is 1. The normalized spacial score (nSPS) is 17.4. The molecule has 1 aliphatic heterocycles. The molecule has 1 aliphatic rings. The number of rotatable bonds is 6. The Kier molecular flexibility index (Phi) is 5.21. The molecule has 4 nitrogen and oxygen atoms in total. The largest absolute Gasteiger partial charge is 0.478 e. The lowest BCUT2D eigenvalue weighted by molar-refractivity contribution is -0.278. The van der Waals surface area contributed by atoms with Gasteiger partial charge in [-0.3, -0.25) is 4.89 Å². The van der Waals surface area contributed by atoms with Crippen LogP contribution in [0.2, 0.25) is 0 Å². The van der Waals surface area contributed by atoms with Crippen molar-refractivity contribution < 1.29 is 19.3 Å². The van der Waals surface area contributed by atoms with Crippen LogP contribution in [0.25, 0.3) is 0 Å². The number of hydrogen-bond acceptors (Lipinski definition) is 4. The molecule has 0 fully saturated rings. The van der Waals surface area contributed by atoms with E-state index in [1.54, 1.807) is 0 Å². The van der Waals surface area contributed by atoms with Gasteiger partial charge in [0.05, 0.1) is 6.61 Å². The van der Waals surface area contributed by atoms with E-state index < -0.39 is 12.1 Å². The first-order valence-electron chi connectivity index (χ1n) is 6.89. The minimum absolute atomic E-state index is 0.439. The second-order valence-electron chi connectivity index (χ2n) is 4.68. The minimum atomic E-state index is -0.555. The van der Waals surface area contributed by atoms with Gasteiger partial charge in [-0.25, -0.2) is 4.79 Å². The molecular weight excluding hydrogens is 244 g/mol. The van der Waals surface area contributed by atoms with Gasteiger partial charge in [-0.1, -0.05) is 38.0 Å². The lowest BCUT2D eigenvalue weighted by Crippen LogP contribution is -2.33. The highest BCUT2D eigenvalue weighted by Crippen LogP contribution is 2.27. The minimum Gasteiger partial charge on any atom is -0.478 e. The molecule has 0 spiro atoms. The van der Waals surface area contributed by atoms with Crippen LogP contribution in [0, 0.1) is 0 Å². The molecule has 0 aliphatic carbocycles. The van der Waals surface area contributed by atoms with Crippen molar-refractivity contribution in [2.24, 2.45) is 0 Å². The van der Waals surface area contributed by atoms with Gasteiger partial charge in [0.15, 0.2) is 6.10 Å². The maximum atomic E-state index is 11.8. The molecule has 104 valence electrons. The van der Waals surface area contributed by atoms with Gasteiger partial charge in [0, 0.05) is 0 Å². The monoisotopic (exact) mass is 264 g/mol. The molecule has 0 N–H and O–H groups in total. The number of hydrogen-bond donors (Lipinski definition) is 0. The summed E-state index contributed by atoms with van der Waals surface area (Å²) in [6, 6.07) is 7.75. The van der Waals surface area contributed by atoms with Crippen molar-refractivity contribution in [3.63, 3.8) is 0 Å². The van der Waals surface area contributed by atoms with E-state index in [1.165, 1.54) is 0 Å². The van der Waals surface area contributed by atoms with Gasteiger partial charge in [0.1, 0.15) is 5.75 Å². The van der Waals surface area contributed by atoms with Crippen LogP contribution in [0.15, 0.2) is 24.3 Å². The molecule has 0 bridgehead atoms. The third-order valence-corrected chi connectivity index (χ3v) is 3.15. The number of benzene rings is 1. The molecule has 19 heavy (non-hydrogen) atoms. The average molecular weight is 264 g/mol. The summed E-state index contributed by atoms with van der Waals surface area (Å²) < 4.78 is 5.62. The second-order valence-corrected chi connectivity index (χ2v) is 4.68. The number of para-hydroxylation sites is 1. The van der Waals surface area contributed by atoms with Gasteiger partial charge < -0.3 is 4.74 Å². The molecular formula is C15H20O4. The van der Waals surface area contributed by atoms with Crippen molar-refractivity contribution in [3.05, 3.63) is 29.8 Å². The summed E-state index contributed by atoms with van der Waals surface area (Å²) in [5, 5.41) is 0. The van der Waals surface area contributed by atoms with E-state index in [0.29, 0.717) is 13.0 Å². The molecule has 1 aromatic rings. The zero-order valence-electron chi connectivity index (χ0n) is 11.3. The van der Waals surface area contributed by atoms with Crippen LogP contribution in [-0.4, -0.2) is 18.7 Å². The van der Waals surface area contributed by atoms with E-state index in [2.05, 4.69) is 6.92 Å². The molecule has 0 radical (unpaired) electrons. The zero-order chi connectivity index (χ0) is 13.5. The van der Waals surface area contributed by atoms with Crippen molar-refractivity contribution in [2.45, 2.75) is 45.1 Å². The first-order valence-corrected chi connectivity index (χ1v) is 6.89. The number of unbranched alkanes of at least 4 members (excludes halogenated alkanes) is 2. The van der Waals surface area contributed by atoms with Gasteiger partial charge in [-0.2, -0.15) is 4.89 Å². The van der Waals surface area contributed by atoms with Crippen LogP contribution < -0.4 is 4.74 Å². The molecule has 1 heterocycles. The quantitative estimate of drug-likeness (QED) is 0.450. The average Bonchev–Trinajstić information content (AvgIpc) is 2.46. The Balaban J connectivity index is 1.76. The third kappa shape index (κ3) is 3.96. The SMILES string of the molecule is CCCCCOOC(=O)C1CCc2ccccc2O1. The van der Waals surface area contributed by atoms with Crippen molar-refractivity contribution in [2.75, 3.05) is 6.61 Å². The van der Waals surface area contributed by atoms with E-state index in [1.807, 2.05) is 24.3 Å². The van der Waals surface area contributed by atoms with Crippen molar-refractivity contribution in [3.8, 4) is 5.75 Å². The Labute approximate surface area is 113 Å². The molecule has 0 aromatic heterocycles.